The largest absolute Gasteiger partial charge is 0.339 e. The van der Waals surface area contributed by atoms with Crippen LogP contribution in [0.1, 0.15) is 12.0 Å². The van der Waals surface area contributed by atoms with Crippen molar-refractivity contribution >= 4 is 17.6 Å². The number of nitrogens with zero attached hydrogens (tertiary/aromatic N) is 3. The highest BCUT2D eigenvalue weighted by molar-refractivity contribution is 5.89. The molecule has 0 radical (unpaired) electrons. The molecule has 0 atom stereocenters. The van der Waals surface area contributed by atoms with Crippen LogP contribution in [0.5, 0.6) is 0 Å². The number of aromatic amines is 1. The highest BCUT2D eigenvalue weighted by Gasteiger charge is 2.24. The Hall–Kier alpha value is -2.90. The summed E-state index contributed by atoms with van der Waals surface area (Å²) in [6.45, 7) is 1.98. The molecule has 1 aromatic carbocycles. The molecule has 0 saturated carbocycles. The highest BCUT2D eigenvalue weighted by Crippen LogP contribution is 2.11. The average Bonchev–Trinajstić information content (AvgIpc) is 3.15. The quantitative estimate of drug-likeness (QED) is 0.887. The molecule has 0 unspecified atom stereocenters. The summed E-state index contributed by atoms with van der Waals surface area (Å²) in [4.78, 5) is 27.9. The minimum Gasteiger partial charge on any atom is -0.339 e. The van der Waals surface area contributed by atoms with Crippen molar-refractivity contribution in [3.8, 4) is 0 Å². The molecule has 1 saturated heterocycles. The van der Waals surface area contributed by atoms with Gasteiger partial charge in [-0.3, -0.25) is 9.89 Å². The number of piperazine rings is 1. The van der Waals surface area contributed by atoms with E-state index in [-0.39, 0.29) is 17.8 Å². The number of carbonyl (C=O) groups is 2. The first-order valence-corrected chi connectivity index (χ1v) is 8.19. The SMILES string of the molecule is O=C(CCc1cn[nH]c1)N1CCN(C(=O)Nc2ccc(F)cc2)CC1. The first-order chi connectivity index (χ1) is 12.1. The maximum Gasteiger partial charge on any atom is 0.321 e. The Kier molecular flexibility index (Phi) is 5.27. The van der Waals surface area contributed by atoms with Gasteiger partial charge in [0, 0.05) is 44.5 Å². The Labute approximate surface area is 144 Å². The second-order valence-corrected chi connectivity index (χ2v) is 5.91. The number of rotatable bonds is 4. The summed E-state index contributed by atoms with van der Waals surface area (Å²) >= 11 is 0. The summed E-state index contributed by atoms with van der Waals surface area (Å²) in [5, 5.41) is 9.32. The minimum atomic E-state index is -0.347. The fraction of sp³-hybridized carbons (Fsp3) is 0.353. The third-order valence-electron chi connectivity index (χ3n) is 4.20. The van der Waals surface area contributed by atoms with E-state index in [4.69, 9.17) is 0 Å². The van der Waals surface area contributed by atoms with E-state index in [1.165, 1.54) is 24.3 Å². The zero-order valence-electron chi connectivity index (χ0n) is 13.7. The Bertz CT molecular complexity index is 709. The van der Waals surface area contributed by atoms with Crippen molar-refractivity contribution in [2.24, 2.45) is 0 Å². The van der Waals surface area contributed by atoms with Gasteiger partial charge >= 0.3 is 6.03 Å². The smallest absolute Gasteiger partial charge is 0.321 e. The second kappa shape index (κ2) is 7.78. The number of aryl methyl sites for hydroxylation is 1. The number of urea groups is 1. The molecule has 0 aliphatic carbocycles. The van der Waals surface area contributed by atoms with Crippen LogP contribution in [0.3, 0.4) is 0 Å². The van der Waals surface area contributed by atoms with Gasteiger partial charge in [0.05, 0.1) is 6.20 Å². The Morgan fingerprint density at radius 2 is 1.80 bits per heavy atom. The molecule has 2 heterocycles. The van der Waals surface area contributed by atoms with E-state index in [1.54, 1.807) is 22.2 Å². The molecule has 1 aromatic heterocycles. The number of halogens is 1. The number of amides is 3. The van der Waals surface area contributed by atoms with Gasteiger partial charge in [0.25, 0.3) is 0 Å². The van der Waals surface area contributed by atoms with Crippen molar-refractivity contribution in [1.82, 2.24) is 20.0 Å². The Morgan fingerprint density at radius 3 is 2.44 bits per heavy atom. The van der Waals surface area contributed by atoms with Crippen molar-refractivity contribution < 1.29 is 14.0 Å². The van der Waals surface area contributed by atoms with Crippen LogP contribution in [0, 0.1) is 5.82 Å². The number of benzene rings is 1. The van der Waals surface area contributed by atoms with Gasteiger partial charge in [0.2, 0.25) is 5.91 Å². The molecule has 2 aromatic rings. The van der Waals surface area contributed by atoms with E-state index in [0.717, 1.165) is 5.56 Å². The van der Waals surface area contributed by atoms with Crippen LogP contribution >= 0.6 is 0 Å². The summed E-state index contributed by atoms with van der Waals surface area (Å²) in [5.74, 6) is -0.264. The number of H-pyrrole nitrogens is 1. The van der Waals surface area contributed by atoms with Crippen LogP contribution in [-0.4, -0.2) is 58.1 Å². The fourth-order valence-corrected chi connectivity index (χ4v) is 2.72. The zero-order chi connectivity index (χ0) is 17.6. The molecule has 1 aliphatic rings. The van der Waals surface area contributed by atoms with Crippen molar-refractivity contribution in [1.29, 1.82) is 0 Å². The number of anilines is 1. The molecule has 8 heteroatoms. The van der Waals surface area contributed by atoms with Crippen LogP contribution in [0.25, 0.3) is 0 Å². The van der Waals surface area contributed by atoms with Crippen molar-refractivity contribution in [2.75, 3.05) is 31.5 Å². The second-order valence-electron chi connectivity index (χ2n) is 5.91. The third-order valence-corrected chi connectivity index (χ3v) is 4.20. The summed E-state index contributed by atoms with van der Waals surface area (Å²) in [5.41, 5.74) is 1.55. The van der Waals surface area contributed by atoms with Gasteiger partial charge in [-0.2, -0.15) is 5.10 Å². The molecule has 1 fully saturated rings. The lowest BCUT2D eigenvalue weighted by atomic mass is 10.2. The molecule has 0 bridgehead atoms. The molecule has 3 rings (SSSR count). The molecule has 1 aliphatic heterocycles. The van der Waals surface area contributed by atoms with Crippen LogP contribution in [0.15, 0.2) is 36.7 Å². The van der Waals surface area contributed by atoms with Gasteiger partial charge in [-0.05, 0) is 36.2 Å². The molecule has 2 N–H and O–H groups in total. The summed E-state index contributed by atoms with van der Waals surface area (Å²) in [7, 11) is 0. The van der Waals surface area contributed by atoms with E-state index in [2.05, 4.69) is 15.5 Å². The average molecular weight is 345 g/mol. The molecular formula is C17H20FN5O2. The number of nitrogens with one attached hydrogen (secondary N) is 2. The van der Waals surface area contributed by atoms with Crippen LogP contribution in [0.2, 0.25) is 0 Å². The standard InChI is InChI=1S/C17H20FN5O2/c18-14-2-4-15(5-3-14)21-17(25)23-9-7-22(8-10-23)16(24)6-1-13-11-19-20-12-13/h2-5,11-12H,1,6-10H2,(H,19,20)(H,21,25). The van der Waals surface area contributed by atoms with Crippen LogP contribution in [-0.2, 0) is 11.2 Å². The highest BCUT2D eigenvalue weighted by atomic mass is 19.1. The van der Waals surface area contributed by atoms with Gasteiger partial charge in [0.1, 0.15) is 5.82 Å². The van der Waals surface area contributed by atoms with E-state index < -0.39 is 0 Å². The lowest BCUT2D eigenvalue weighted by molar-refractivity contribution is -0.132. The van der Waals surface area contributed by atoms with Gasteiger partial charge < -0.3 is 15.1 Å². The lowest BCUT2D eigenvalue weighted by Crippen LogP contribution is -2.51. The van der Waals surface area contributed by atoms with Crippen molar-refractivity contribution in [3.05, 3.63) is 48.0 Å². The van der Waals surface area contributed by atoms with Gasteiger partial charge in [-0.15, -0.1) is 0 Å². The molecule has 132 valence electrons. The number of aromatic nitrogens is 2. The van der Waals surface area contributed by atoms with Crippen LogP contribution in [0.4, 0.5) is 14.9 Å². The predicted molar refractivity (Wildman–Crippen MR) is 90.5 cm³/mol. The maximum atomic E-state index is 12.9. The van der Waals surface area contributed by atoms with E-state index >= 15 is 0 Å². The minimum absolute atomic E-state index is 0.0831. The Balaban J connectivity index is 1.43. The first kappa shape index (κ1) is 16.9. The molecule has 0 spiro atoms. The summed E-state index contributed by atoms with van der Waals surface area (Å²) < 4.78 is 12.9. The lowest BCUT2D eigenvalue weighted by Gasteiger charge is -2.34. The number of hydrogen-bond donors (Lipinski definition) is 2. The predicted octanol–water partition coefficient (Wildman–Crippen LogP) is 1.86. The van der Waals surface area contributed by atoms with E-state index in [0.29, 0.717) is 44.7 Å². The molecule has 25 heavy (non-hydrogen) atoms. The summed E-state index contributed by atoms with van der Waals surface area (Å²) in [6, 6.07) is 5.39. The van der Waals surface area contributed by atoms with Gasteiger partial charge in [0.15, 0.2) is 0 Å². The Morgan fingerprint density at radius 1 is 1.12 bits per heavy atom. The zero-order valence-corrected chi connectivity index (χ0v) is 13.7. The van der Waals surface area contributed by atoms with E-state index in [1.807, 2.05) is 0 Å². The first-order valence-electron chi connectivity index (χ1n) is 8.19. The van der Waals surface area contributed by atoms with Crippen molar-refractivity contribution in [2.45, 2.75) is 12.8 Å². The molecular weight excluding hydrogens is 325 g/mol. The molecule has 3 amide bonds. The van der Waals surface area contributed by atoms with Gasteiger partial charge in [-0.25, -0.2) is 9.18 Å². The maximum absolute atomic E-state index is 12.9. The third kappa shape index (κ3) is 4.56. The normalized spacial score (nSPS) is 14.4. The van der Waals surface area contributed by atoms with Crippen LogP contribution < -0.4 is 5.32 Å². The van der Waals surface area contributed by atoms with E-state index in [9.17, 15) is 14.0 Å². The number of carbonyl (C=O) groups excluding carboxylic acids is 2. The molecule has 7 nitrogen and oxygen atoms in total. The summed E-state index contributed by atoms with van der Waals surface area (Å²) in [6.07, 6.45) is 4.58. The monoisotopic (exact) mass is 345 g/mol. The van der Waals surface area contributed by atoms with Gasteiger partial charge in [-0.1, -0.05) is 0 Å². The van der Waals surface area contributed by atoms with Crippen molar-refractivity contribution in [3.63, 3.8) is 0 Å². The number of hydrogen-bond acceptors (Lipinski definition) is 3. The topological polar surface area (TPSA) is 81.3 Å². The fourth-order valence-electron chi connectivity index (χ4n) is 2.72.